The summed E-state index contributed by atoms with van der Waals surface area (Å²) in [4.78, 5) is 0.313. The molecule has 4 heteroatoms. The van der Waals surface area contributed by atoms with Gasteiger partial charge in [0.2, 0.25) is 9.84 Å². The van der Waals surface area contributed by atoms with Crippen LogP contribution in [0.3, 0.4) is 0 Å². The third kappa shape index (κ3) is 1.94. The van der Waals surface area contributed by atoms with E-state index in [1.807, 2.05) is 30.3 Å². The smallest absolute Gasteiger partial charge is 0.208 e. The van der Waals surface area contributed by atoms with E-state index in [1.165, 1.54) is 0 Å². The maximum atomic E-state index is 12.3. The number of rotatable bonds is 3. The number of sulfone groups is 1. The first kappa shape index (κ1) is 11.4. The van der Waals surface area contributed by atoms with Gasteiger partial charge in [-0.3, -0.25) is 0 Å². The Balaban J connectivity index is 1.87. The standard InChI is InChI=1S/C14H12O3S/c15-18(16,12-9-5-2-6-10-12)14-13(17-14)11-7-3-1-4-8-11/h1-10,13-14H. The predicted molar refractivity (Wildman–Crippen MR) is 67.7 cm³/mol. The van der Waals surface area contributed by atoms with Crippen molar-refractivity contribution < 1.29 is 13.2 Å². The Bertz CT molecular complexity index is 635. The summed E-state index contributed by atoms with van der Waals surface area (Å²) in [6.45, 7) is 0. The molecule has 0 aliphatic carbocycles. The fraction of sp³-hybridized carbons (Fsp3) is 0.143. The first-order valence-corrected chi connectivity index (χ1v) is 7.23. The maximum Gasteiger partial charge on any atom is 0.208 e. The van der Waals surface area contributed by atoms with Crippen LogP contribution in [0, 0.1) is 0 Å². The monoisotopic (exact) mass is 260 g/mol. The molecule has 2 aromatic rings. The summed E-state index contributed by atoms with van der Waals surface area (Å²) in [5.74, 6) is 0. The van der Waals surface area contributed by atoms with E-state index in [0.717, 1.165) is 5.56 Å². The third-order valence-electron chi connectivity index (χ3n) is 2.96. The summed E-state index contributed by atoms with van der Waals surface area (Å²) in [6.07, 6.45) is -0.337. The summed E-state index contributed by atoms with van der Waals surface area (Å²) in [5, 5.41) is 0. The second-order valence-electron chi connectivity index (χ2n) is 4.19. The highest BCUT2D eigenvalue weighted by Crippen LogP contribution is 2.44. The molecule has 3 rings (SSSR count). The lowest BCUT2D eigenvalue weighted by Crippen LogP contribution is -2.09. The van der Waals surface area contributed by atoms with Gasteiger partial charge in [0.05, 0.1) is 4.90 Å². The lowest BCUT2D eigenvalue weighted by molar-refractivity contribution is 0.399. The van der Waals surface area contributed by atoms with Gasteiger partial charge in [-0.1, -0.05) is 48.5 Å². The van der Waals surface area contributed by atoms with Crippen LogP contribution in [0.1, 0.15) is 11.7 Å². The molecule has 1 heterocycles. The molecule has 0 aromatic heterocycles. The van der Waals surface area contributed by atoms with Crippen LogP contribution in [-0.2, 0) is 14.6 Å². The summed E-state index contributed by atoms with van der Waals surface area (Å²) in [6, 6.07) is 17.8. The minimum Gasteiger partial charge on any atom is -0.347 e. The largest absolute Gasteiger partial charge is 0.347 e. The van der Waals surface area contributed by atoms with Crippen molar-refractivity contribution in [2.75, 3.05) is 0 Å². The molecule has 1 fully saturated rings. The zero-order chi connectivity index (χ0) is 12.6. The Kier molecular flexibility index (Phi) is 2.69. The number of ether oxygens (including phenoxy) is 1. The van der Waals surface area contributed by atoms with Crippen molar-refractivity contribution in [2.24, 2.45) is 0 Å². The van der Waals surface area contributed by atoms with Gasteiger partial charge in [-0.15, -0.1) is 0 Å². The van der Waals surface area contributed by atoms with E-state index in [1.54, 1.807) is 30.3 Å². The van der Waals surface area contributed by atoms with Gasteiger partial charge in [0.25, 0.3) is 0 Å². The summed E-state index contributed by atoms with van der Waals surface area (Å²) >= 11 is 0. The van der Waals surface area contributed by atoms with Gasteiger partial charge in [-0.2, -0.15) is 0 Å². The Morgan fingerprint density at radius 3 is 2.00 bits per heavy atom. The van der Waals surface area contributed by atoms with Gasteiger partial charge in [0, 0.05) is 0 Å². The molecule has 0 saturated carbocycles. The molecule has 3 nitrogen and oxygen atoms in total. The quantitative estimate of drug-likeness (QED) is 0.797. The molecular formula is C14H12O3S. The van der Waals surface area contributed by atoms with Gasteiger partial charge in [-0.05, 0) is 17.7 Å². The fourth-order valence-corrected chi connectivity index (χ4v) is 3.51. The van der Waals surface area contributed by atoms with Crippen LogP contribution in [0.2, 0.25) is 0 Å². The van der Waals surface area contributed by atoms with E-state index >= 15 is 0 Å². The number of epoxide rings is 1. The zero-order valence-electron chi connectivity index (χ0n) is 9.56. The highest BCUT2D eigenvalue weighted by atomic mass is 32.2. The van der Waals surface area contributed by atoms with Crippen molar-refractivity contribution in [1.82, 2.24) is 0 Å². The fourth-order valence-electron chi connectivity index (χ4n) is 1.96. The van der Waals surface area contributed by atoms with Crippen molar-refractivity contribution in [3.05, 3.63) is 66.2 Å². The van der Waals surface area contributed by atoms with E-state index in [2.05, 4.69) is 0 Å². The van der Waals surface area contributed by atoms with Crippen molar-refractivity contribution in [2.45, 2.75) is 16.4 Å². The van der Waals surface area contributed by atoms with Gasteiger partial charge in [0.1, 0.15) is 6.10 Å². The summed E-state index contributed by atoms with van der Waals surface area (Å²) in [5.41, 5.74) is 0.157. The molecule has 0 amide bonds. The molecule has 1 saturated heterocycles. The van der Waals surface area contributed by atoms with E-state index in [-0.39, 0.29) is 6.10 Å². The van der Waals surface area contributed by atoms with E-state index in [9.17, 15) is 8.42 Å². The zero-order valence-corrected chi connectivity index (χ0v) is 10.4. The lowest BCUT2D eigenvalue weighted by Gasteiger charge is -2.00. The molecule has 18 heavy (non-hydrogen) atoms. The molecule has 92 valence electrons. The van der Waals surface area contributed by atoms with Crippen molar-refractivity contribution in [3.8, 4) is 0 Å². The second kappa shape index (κ2) is 4.23. The Hall–Kier alpha value is -1.65. The first-order valence-electron chi connectivity index (χ1n) is 5.69. The average molecular weight is 260 g/mol. The number of benzene rings is 2. The lowest BCUT2D eigenvalue weighted by atomic mass is 10.2. The summed E-state index contributed by atoms with van der Waals surface area (Å²) < 4.78 is 29.8. The molecule has 0 N–H and O–H groups in total. The highest BCUT2D eigenvalue weighted by molar-refractivity contribution is 7.92. The second-order valence-corrected chi connectivity index (χ2v) is 6.22. The van der Waals surface area contributed by atoms with E-state index < -0.39 is 15.3 Å². The normalized spacial score (nSPS) is 22.7. The van der Waals surface area contributed by atoms with Crippen LogP contribution in [0.25, 0.3) is 0 Å². The number of hydrogen-bond donors (Lipinski definition) is 0. The van der Waals surface area contributed by atoms with Crippen molar-refractivity contribution in [1.29, 1.82) is 0 Å². The number of hydrogen-bond acceptors (Lipinski definition) is 3. The van der Waals surface area contributed by atoms with Crippen LogP contribution >= 0.6 is 0 Å². The molecule has 0 bridgehead atoms. The molecule has 2 unspecified atom stereocenters. The van der Waals surface area contributed by atoms with E-state index in [4.69, 9.17) is 4.74 Å². The van der Waals surface area contributed by atoms with Gasteiger partial charge in [-0.25, -0.2) is 8.42 Å². The molecular weight excluding hydrogens is 248 g/mol. The van der Waals surface area contributed by atoms with Crippen LogP contribution in [0.4, 0.5) is 0 Å². The van der Waals surface area contributed by atoms with E-state index in [0.29, 0.717) is 4.90 Å². The van der Waals surface area contributed by atoms with Crippen LogP contribution in [0.5, 0.6) is 0 Å². The SMILES string of the molecule is O=S(=O)(c1ccccc1)C1OC1c1ccccc1. The third-order valence-corrected chi connectivity index (χ3v) is 4.86. The van der Waals surface area contributed by atoms with Gasteiger partial charge < -0.3 is 4.74 Å². The van der Waals surface area contributed by atoms with Crippen molar-refractivity contribution in [3.63, 3.8) is 0 Å². The molecule has 1 aliphatic rings. The topological polar surface area (TPSA) is 46.7 Å². The molecule has 0 spiro atoms. The maximum absolute atomic E-state index is 12.3. The molecule has 2 aromatic carbocycles. The Morgan fingerprint density at radius 1 is 0.833 bits per heavy atom. The van der Waals surface area contributed by atoms with Crippen molar-refractivity contribution >= 4 is 9.84 Å². The Labute approximate surface area is 106 Å². The molecule has 0 radical (unpaired) electrons. The highest BCUT2D eigenvalue weighted by Gasteiger charge is 2.50. The van der Waals surface area contributed by atoms with Crippen LogP contribution < -0.4 is 0 Å². The Morgan fingerprint density at radius 2 is 1.39 bits per heavy atom. The van der Waals surface area contributed by atoms with Gasteiger partial charge >= 0.3 is 0 Å². The summed E-state index contributed by atoms with van der Waals surface area (Å²) in [7, 11) is -3.39. The van der Waals surface area contributed by atoms with Crippen LogP contribution in [0.15, 0.2) is 65.6 Å². The van der Waals surface area contributed by atoms with Gasteiger partial charge in [0.15, 0.2) is 5.44 Å². The van der Waals surface area contributed by atoms with Crippen LogP contribution in [-0.4, -0.2) is 13.9 Å². The molecule has 2 atom stereocenters. The molecule has 1 aliphatic heterocycles. The first-order chi connectivity index (χ1) is 8.69. The minimum atomic E-state index is -3.39. The predicted octanol–water partition coefficient (Wildman–Crippen LogP) is 2.56. The average Bonchev–Trinajstić information content (AvgIpc) is 3.22. The minimum absolute atomic E-state index is 0.313.